The Hall–Kier alpha value is -2.33. The molecule has 0 aliphatic carbocycles. The van der Waals surface area contributed by atoms with E-state index >= 15 is 0 Å². The Morgan fingerprint density at radius 2 is 1.77 bits per heavy atom. The highest BCUT2D eigenvalue weighted by Gasteiger charge is 2.30. The molecule has 0 fully saturated rings. The molecule has 26 heavy (non-hydrogen) atoms. The van der Waals surface area contributed by atoms with Crippen molar-refractivity contribution in [2.45, 2.75) is 32.0 Å². The van der Waals surface area contributed by atoms with E-state index in [0.29, 0.717) is 0 Å². The second kappa shape index (κ2) is 7.92. The maximum atomic E-state index is 13.4. The summed E-state index contributed by atoms with van der Waals surface area (Å²) < 4.78 is 137. The Morgan fingerprint density at radius 3 is 2.58 bits per heavy atom. The SMILES string of the molecule is [2H]c1c([2H])c(CCCN[C@@]([2H])(C)c2c([2H])c([2H])c([2H])c3c([2H])c([2H])c([2H])c([2H])c23)c([2H])c(C(F)(F)F)c1[2H]. The van der Waals surface area contributed by atoms with Gasteiger partial charge >= 0.3 is 6.18 Å². The van der Waals surface area contributed by atoms with Crippen molar-refractivity contribution in [1.29, 1.82) is 0 Å². The molecule has 4 heteroatoms. The predicted octanol–water partition coefficient (Wildman–Crippen LogP) is 6.14. The summed E-state index contributed by atoms with van der Waals surface area (Å²) in [5, 5.41) is 2.15. The van der Waals surface area contributed by atoms with Crippen LogP contribution in [-0.4, -0.2) is 6.54 Å². The largest absolute Gasteiger partial charge is 0.416 e. The topological polar surface area (TPSA) is 12.0 Å². The molecule has 1 nitrogen and oxygen atoms in total. The lowest BCUT2D eigenvalue weighted by molar-refractivity contribution is -0.137. The molecular formula is C22H22F3N. The van der Waals surface area contributed by atoms with Gasteiger partial charge in [-0.1, -0.05) is 60.4 Å². The van der Waals surface area contributed by atoms with E-state index in [1.807, 2.05) is 0 Å². The fourth-order valence-corrected chi connectivity index (χ4v) is 2.37. The third-order valence-electron chi connectivity index (χ3n) is 3.64. The minimum atomic E-state index is -5.06. The zero-order valence-electron chi connectivity index (χ0n) is 25.8. The molecule has 3 aromatic carbocycles. The zero-order chi connectivity index (χ0) is 29.1. The molecule has 0 radical (unpaired) electrons. The molecule has 0 aliphatic rings. The lowest BCUT2D eigenvalue weighted by Gasteiger charge is -2.17. The number of rotatable bonds is 6. The van der Waals surface area contributed by atoms with Crippen LogP contribution in [-0.2, 0) is 12.6 Å². The summed E-state index contributed by atoms with van der Waals surface area (Å²) >= 11 is 0. The van der Waals surface area contributed by atoms with Crippen LogP contribution in [0.5, 0.6) is 0 Å². The second-order valence-electron chi connectivity index (χ2n) is 5.51. The standard InChI is InChI=1S/C22H22F3N/c1-16(20-13-5-10-18-9-2-3-12-21(18)20)26-14-6-8-17-7-4-11-19(15-17)22(23,24)25/h2-5,7,9-13,15-16,26H,6,8,14H2,1H3/t16-/m0/s1/i2D,3D,4D,5D,7D,9D,10D,11D,12D,13D,15D,16D. The van der Waals surface area contributed by atoms with Gasteiger partial charge in [0.2, 0.25) is 0 Å². The van der Waals surface area contributed by atoms with Crippen molar-refractivity contribution in [3.63, 3.8) is 0 Å². The van der Waals surface area contributed by atoms with Gasteiger partial charge in [0.25, 0.3) is 0 Å². The number of hydrogen-bond donors (Lipinski definition) is 1. The number of nitrogens with one attached hydrogen (secondary N) is 1. The van der Waals surface area contributed by atoms with E-state index in [1.165, 1.54) is 6.92 Å². The quantitative estimate of drug-likeness (QED) is 0.515. The van der Waals surface area contributed by atoms with E-state index in [0.717, 1.165) is 0 Å². The second-order valence-corrected chi connectivity index (χ2v) is 5.51. The number of alkyl halides is 3. The fourth-order valence-electron chi connectivity index (χ4n) is 2.37. The lowest BCUT2D eigenvalue weighted by atomic mass is 9.99. The molecule has 0 bridgehead atoms. The van der Waals surface area contributed by atoms with Crippen LogP contribution in [0.15, 0.2) is 66.5 Å². The first-order valence-corrected chi connectivity index (χ1v) is 7.77. The molecule has 1 atom stereocenters. The van der Waals surface area contributed by atoms with Crippen molar-refractivity contribution in [2.75, 3.05) is 6.54 Å². The average Bonchev–Trinajstić information content (AvgIpc) is 2.81. The van der Waals surface area contributed by atoms with E-state index < -0.39 is 84.2 Å². The highest BCUT2D eigenvalue weighted by molar-refractivity contribution is 5.86. The van der Waals surface area contributed by atoms with E-state index in [4.69, 9.17) is 16.4 Å². The Morgan fingerprint density at radius 1 is 1.04 bits per heavy atom. The molecule has 3 aromatic rings. The lowest BCUT2D eigenvalue weighted by Crippen LogP contribution is -2.20. The van der Waals surface area contributed by atoms with Crippen molar-refractivity contribution < 1.29 is 29.6 Å². The Bertz CT molecular complexity index is 1450. The van der Waals surface area contributed by atoms with Crippen LogP contribution in [0, 0.1) is 0 Å². The third kappa shape index (κ3) is 4.44. The van der Waals surface area contributed by atoms with Crippen LogP contribution < -0.4 is 5.32 Å². The van der Waals surface area contributed by atoms with Gasteiger partial charge in [-0.2, -0.15) is 13.2 Å². The van der Waals surface area contributed by atoms with E-state index in [1.54, 1.807) is 0 Å². The van der Waals surface area contributed by atoms with Gasteiger partial charge in [0.1, 0.15) is 0 Å². The van der Waals surface area contributed by atoms with Crippen LogP contribution >= 0.6 is 0 Å². The minimum Gasteiger partial charge on any atom is -0.310 e. The fraction of sp³-hybridized carbons (Fsp3) is 0.273. The highest BCUT2D eigenvalue weighted by atomic mass is 19.4. The van der Waals surface area contributed by atoms with Gasteiger partial charge in [-0.3, -0.25) is 0 Å². The normalized spacial score (nSPS) is 20.8. The van der Waals surface area contributed by atoms with Gasteiger partial charge in [-0.05, 0) is 54.3 Å². The highest BCUT2D eigenvalue weighted by Crippen LogP contribution is 2.29. The molecule has 0 spiro atoms. The van der Waals surface area contributed by atoms with Gasteiger partial charge in [0.15, 0.2) is 0 Å². The first kappa shape index (κ1) is 8.57. The van der Waals surface area contributed by atoms with Crippen molar-refractivity contribution in [1.82, 2.24) is 5.32 Å². The van der Waals surface area contributed by atoms with Crippen LogP contribution in [0.2, 0.25) is 0 Å². The molecule has 3 rings (SSSR count). The van der Waals surface area contributed by atoms with Crippen LogP contribution in [0.4, 0.5) is 13.2 Å². The molecule has 0 saturated carbocycles. The van der Waals surface area contributed by atoms with Gasteiger partial charge in [0.05, 0.1) is 22.0 Å². The monoisotopic (exact) mass is 369 g/mol. The molecule has 136 valence electrons. The summed E-state index contributed by atoms with van der Waals surface area (Å²) in [7, 11) is 0. The smallest absolute Gasteiger partial charge is 0.310 e. The summed E-state index contributed by atoms with van der Waals surface area (Å²) in [6.45, 7) is 1.13. The minimum absolute atomic E-state index is 0.0339. The van der Waals surface area contributed by atoms with Crippen LogP contribution in [0.25, 0.3) is 10.8 Å². The predicted molar refractivity (Wildman–Crippen MR) is 100 cm³/mol. The van der Waals surface area contributed by atoms with Gasteiger partial charge < -0.3 is 5.32 Å². The number of halogens is 3. The van der Waals surface area contributed by atoms with E-state index in [-0.39, 0.29) is 41.3 Å². The third-order valence-corrected chi connectivity index (χ3v) is 3.64. The Labute approximate surface area is 168 Å². The van der Waals surface area contributed by atoms with Crippen LogP contribution in [0.3, 0.4) is 0 Å². The molecule has 0 aliphatic heterocycles. The molecule has 0 heterocycles. The number of fused-ring (bicyclic) bond motifs is 1. The molecule has 0 unspecified atom stereocenters. The number of benzene rings is 3. The summed E-state index contributed by atoms with van der Waals surface area (Å²) in [6, 6.07) is -10.2. The summed E-state index contributed by atoms with van der Waals surface area (Å²) in [6.07, 6.45) is -5.37. The van der Waals surface area contributed by atoms with Crippen molar-refractivity contribution in [3.05, 3.63) is 83.2 Å². The number of hydrogen-bond acceptors (Lipinski definition) is 1. The maximum absolute atomic E-state index is 13.4. The first-order chi connectivity index (χ1) is 17.4. The first-order valence-electron chi connectivity index (χ1n) is 13.8. The maximum Gasteiger partial charge on any atom is 0.416 e. The van der Waals surface area contributed by atoms with E-state index in [9.17, 15) is 13.2 Å². The summed E-state index contributed by atoms with van der Waals surface area (Å²) in [4.78, 5) is 0. The van der Waals surface area contributed by atoms with Gasteiger partial charge in [0, 0.05) is 6.02 Å². The molecule has 1 N–H and O–H groups in total. The average molecular weight is 369 g/mol. The van der Waals surface area contributed by atoms with Crippen molar-refractivity contribution >= 4 is 10.8 Å². The van der Waals surface area contributed by atoms with E-state index in [2.05, 4.69) is 5.32 Å². The zero-order valence-corrected chi connectivity index (χ0v) is 13.8. The van der Waals surface area contributed by atoms with Crippen molar-refractivity contribution in [2.24, 2.45) is 0 Å². The Kier molecular flexibility index (Phi) is 2.61. The van der Waals surface area contributed by atoms with Gasteiger partial charge in [-0.15, -0.1) is 0 Å². The van der Waals surface area contributed by atoms with Gasteiger partial charge in [-0.25, -0.2) is 0 Å². The molecule has 0 aromatic heterocycles. The molecule has 0 saturated heterocycles. The van der Waals surface area contributed by atoms with Crippen LogP contribution in [0.1, 0.15) is 52.5 Å². The summed E-state index contributed by atoms with van der Waals surface area (Å²) in [5.41, 5.74) is -2.28. The van der Waals surface area contributed by atoms with Crippen molar-refractivity contribution in [3.8, 4) is 0 Å². The molecular weight excluding hydrogens is 335 g/mol. The summed E-state index contributed by atoms with van der Waals surface area (Å²) in [5.74, 6) is 0. The molecule has 0 amide bonds. The Balaban J connectivity index is 1.99.